The SMILES string of the molecule is COc1ccc(CCCO)c2c1CCCC2. The highest BCUT2D eigenvalue weighted by molar-refractivity contribution is 5.46. The van der Waals surface area contributed by atoms with Crippen molar-refractivity contribution in [3.63, 3.8) is 0 Å². The lowest BCUT2D eigenvalue weighted by Crippen LogP contribution is -2.08. The Hall–Kier alpha value is -1.02. The van der Waals surface area contributed by atoms with E-state index in [1.54, 1.807) is 7.11 Å². The molecule has 1 aromatic carbocycles. The first-order chi connectivity index (χ1) is 7.86. The van der Waals surface area contributed by atoms with Gasteiger partial charge in [0.05, 0.1) is 7.11 Å². The fourth-order valence-electron chi connectivity index (χ4n) is 2.60. The van der Waals surface area contributed by atoms with Crippen LogP contribution in [0.1, 0.15) is 36.0 Å². The van der Waals surface area contributed by atoms with E-state index in [0.29, 0.717) is 0 Å². The minimum Gasteiger partial charge on any atom is -0.496 e. The molecule has 0 aromatic heterocycles. The van der Waals surface area contributed by atoms with E-state index in [2.05, 4.69) is 12.1 Å². The quantitative estimate of drug-likeness (QED) is 0.844. The molecule has 1 aliphatic carbocycles. The molecule has 0 saturated heterocycles. The number of benzene rings is 1. The third-order valence-corrected chi connectivity index (χ3v) is 3.41. The lowest BCUT2D eigenvalue weighted by atomic mass is 9.86. The van der Waals surface area contributed by atoms with Gasteiger partial charge in [-0.15, -0.1) is 0 Å². The van der Waals surface area contributed by atoms with E-state index in [0.717, 1.165) is 25.0 Å². The van der Waals surface area contributed by atoms with Gasteiger partial charge in [0, 0.05) is 6.61 Å². The summed E-state index contributed by atoms with van der Waals surface area (Å²) in [6.45, 7) is 0.279. The van der Waals surface area contributed by atoms with Crippen molar-refractivity contribution in [3.8, 4) is 5.75 Å². The Morgan fingerprint density at radius 1 is 1.19 bits per heavy atom. The Labute approximate surface area is 97.3 Å². The number of aliphatic hydroxyl groups is 1. The maximum Gasteiger partial charge on any atom is 0.122 e. The van der Waals surface area contributed by atoms with Gasteiger partial charge < -0.3 is 9.84 Å². The fourth-order valence-corrected chi connectivity index (χ4v) is 2.60. The topological polar surface area (TPSA) is 29.5 Å². The molecule has 16 heavy (non-hydrogen) atoms. The molecular formula is C14H20O2. The summed E-state index contributed by atoms with van der Waals surface area (Å²) >= 11 is 0. The zero-order chi connectivity index (χ0) is 11.4. The normalized spacial score (nSPS) is 14.6. The Balaban J connectivity index is 2.32. The summed E-state index contributed by atoms with van der Waals surface area (Å²) in [6.07, 6.45) is 6.72. The number of rotatable bonds is 4. The molecule has 1 aliphatic rings. The summed E-state index contributed by atoms with van der Waals surface area (Å²) in [5, 5.41) is 8.91. The van der Waals surface area contributed by atoms with E-state index < -0.39 is 0 Å². The van der Waals surface area contributed by atoms with Crippen molar-refractivity contribution in [2.75, 3.05) is 13.7 Å². The number of aliphatic hydroxyl groups excluding tert-OH is 1. The largest absolute Gasteiger partial charge is 0.496 e. The van der Waals surface area contributed by atoms with Gasteiger partial charge in [-0.2, -0.15) is 0 Å². The molecule has 0 fully saturated rings. The second-order valence-electron chi connectivity index (χ2n) is 4.42. The number of hydrogen-bond donors (Lipinski definition) is 1. The van der Waals surface area contributed by atoms with Crippen LogP contribution in [0.5, 0.6) is 5.75 Å². The molecular weight excluding hydrogens is 200 g/mol. The molecule has 88 valence electrons. The molecule has 0 amide bonds. The third kappa shape index (κ3) is 2.22. The van der Waals surface area contributed by atoms with Crippen molar-refractivity contribution >= 4 is 0 Å². The molecule has 0 bridgehead atoms. The van der Waals surface area contributed by atoms with Crippen LogP contribution < -0.4 is 4.74 Å². The van der Waals surface area contributed by atoms with E-state index in [-0.39, 0.29) is 6.61 Å². The molecule has 2 rings (SSSR count). The Morgan fingerprint density at radius 2 is 1.94 bits per heavy atom. The molecule has 2 nitrogen and oxygen atoms in total. The van der Waals surface area contributed by atoms with Gasteiger partial charge in [-0.05, 0) is 61.3 Å². The van der Waals surface area contributed by atoms with Gasteiger partial charge >= 0.3 is 0 Å². The van der Waals surface area contributed by atoms with Crippen molar-refractivity contribution in [1.29, 1.82) is 0 Å². The van der Waals surface area contributed by atoms with Crippen LogP contribution >= 0.6 is 0 Å². The van der Waals surface area contributed by atoms with Crippen LogP contribution in [0.2, 0.25) is 0 Å². The van der Waals surface area contributed by atoms with Crippen LogP contribution in [0, 0.1) is 0 Å². The molecule has 0 unspecified atom stereocenters. The summed E-state index contributed by atoms with van der Waals surface area (Å²) in [4.78, 5) is 0. The Bertz CT molecular complexity index is 358. The highest BCUT2D eigenvalue weighted by atomic mass is 16.5. The standard InChI is InChI=1S/C14H20O2/c1-16-14-9-8-11(5-4-10-15)12-6-2-3-7-13(12)14/h8-9,15H,2-7,10H2,1H3. The van der Waals surface area contributed by atoms with Crippen molar-refractivity contribution in [2.24, 2.45) is 0 Å². The second-order valence-corrected chi connectivity index (χ2v) is 4.42. The average molecular weight is 220 g/mol. The maximum atomic E-state index is 8.91. The number of fused-ring (bicyclic) bond motifs is 1. The van der Waals surface area contributed by atoms with Crippen LogP contribution in [0.15, 0.2) is 12.1 Å². The van der Waals surface area contributed by atoms with Crippen molar-refractivity contribution in [2.45, 2.75) is 38.5 Å². The lowest BCUT2D eigenvalue weighted by Gasteiger charge is -2.22. The minimum atomic E-state index is 0.279. The highest BCUT2D eigenvalue weighted by Gasteiger charge is 2.16. The molecule has 0 atom stereocenters. The summed E-state index contributed by atoms with van der Waals surface area (Å²) < 4.78 is 5.42. The third-order valence-electron chi connectivity index (χ3n) is 3.41. The summed E-state index contributed by atoms with van der Waals surface area (Å²) in [5.41, 5.74) is 4.30. The predicted octanol–water partition coefficient (Wildman–Crippen LogP) is 2.50. The molecule has 0 radical (unpaired) electrons. The van der Waals surface area contributed by atoms with Gasteiger partial charge in [-0.1, -0.05) is 6.07 Å². The summed E-state index contributed by atoms with van der Waals surface area (Å²) in [7, 11) is 1.75. The molecule has 1 N–H and O–H groups in total. The van der Waals surface area contributed by atoms with E-state index >= 15 is 0 Å². The van der Waals surface area contributed by atoms with Crippen LogP contribution in [0.3, 0.4) is 0 Å². The van der Waals surface area contributed by atoms with Crippen LogP contribution in [-0.4, -0.2) is 18.8 Å². The predicted molar refractivity (Wildman–Crippen MR) is 65.0 cm³/mol. The van der Waals surface area contributed by atoms with Gasteiger partial charge in [-0.25, -0.2) is 0 Å². The first-order valence-corrected chi connectivity index (χ1v) is 6.15. The molecule has 0 heterocycles. The maximum absolute atomic E-state index is 8.91. The van der Waals surface area contributed by atoms with Gasteiger partial charge in [-0.3, -0.25) is 0 Å². The molecule has 1 aromatic rings. The summed E-state index contributed by atoms with van der Waals surface area (Å²) in [6, 6.07) is 4.25. The van der Waals surface area contributed by atoms with Crippen molar-refractivity contribution in [1.82, 2.24) is 0 Å². The molecule has 2 heteroatoms. The van der Waals surface area contributed by atoms with Crippen LogP contribution in [0.25, 0.3) is 0 Å². The van der Waals surface area contributed by atoms with E-state index in [1.807, 2.05) is 0 Å². The minimum absolute atomic E-state index is 0.279. The highest BCUT2D eigenvalue weighted by Crippen LogP contribution is 2.32. The van der Waals surface area contributed by atoms with Crippen molar-refractivity contribution < 1.29 is 9.84 Å². The number of aryl methyl sites for hydroxylation is 1. The van der Waals surface area contributed by atoms with Gasteiger partial charge in [0.1, 0.15) is 5.75 Å². The number of hydrogen-bond acceptors (Lipinski definition) is 2. The number of ether oxygens (including phenoxy) is 1. The monoisotopic (exact) mass is 220 g/mol. The zero-order valence-corrected chi connectivity index (χ0v) is 9.96. The van der Waals surface area contributed by atoms with Crippen LogP contribution in [-0.2, 0) is 19.3 Å². The van der Waals surface area contributed by atoms with E-state index in [1.165, 1.54) is 36.0 Å². The average Bonchev–Trinajstić information content (AvgIpc) is 2.36. The van der Waals surface area contributed by atoms with Crippen molar-refractivity contribution in [3.05, 3.63) is 28.8 Å². The van der Waals surface area contributed by atoms with Gasteiger partial charge in [0.15, 0.2) is 0 Å². The fraction of sp³-hybridized carbons (Fsp3) is 0.571. The Kier molecular flexibility index (Phi) is 3.83. The smallest absolute Gasteiger partial charge is 0.122 e. The van der Waals surface area contributed by atoms with Crippen LogP contribution in [0.4, 0.5) is 0 Å². The molecule has 0 spiro atoms. The zero-order valence-electron chi connectivity index (χ0n) is 9.96. The first kappa shape index (κ1) is 11.5. The second kappa shape index (κ2) is 5.35. The Morgan fingerprint density at radius 3 is 2.62 bits per heavy atom. The molecule has 0 saturated carbocycles. The van der Waals surface area contributed by atoms with Gasteiger partial charge in [0.25, 0.3) is 0 Å². The van der Waals surface area contributed by atoms with Gasteiger partial charge in [0.2, 0.25) is 0 Å². The van der Waals surface area contributed by atoms with E-state index in [4.69, 9.17) is 9.84 Å². The lowest BCUT2D eigenvalue weighted by molar-refractivity contribution is 0.288. The summed E-state index contributed by atoms with van der Waals surface area (Å²) in [5.74, 6) is 1.04. The molecule has 0 aliphatic heterocycles. The van der Waals surface area contributed by atoms with E-state index in [9.17, 15) is 0 Å². The number of methoxy groups -OCH3 is 1. The first-order valence-electron chi connectivity index (χ1n) is 6.15.